The van der Waals surface area contributed by atoms with Crippen LogP contribution in [0.4, 0.5) is 15.8 Å². The predicted molar refractivity (Wildman–Crippen MR) is 112 cm³/mol. The molecule has 0 heterocycles. The summed E-state index contributed by atoms with van der Waals surface area (Å²) in [5, 5.41) is 2.40. The van der Waals surface area contributed by atoms with Gasteiger partial charge in [-0.25, -0.2) is 12.8 Å². The molecule has 2 N–H and O–H groups in total. The molecule has 29 heavy (non-hydrogen) atoms. The highest BCUT2D eigenvalue weighted by molar-refractivity contribution is 9.10. The van der Waals surface area contributed by atoms with Gasteiger partial charge in [-0.05, 0) is 60.7 Å². The molecule has 3 aromatic carbocycles. The standard InChI is InChI=1S/C20H16BrFN2O4S/c21-14-5-7-15(8-6-14)24-29(26,27)17-11-9-16(10-12-17)28-13-20(25)23-19-4-2-1-3-18(19)22/h1-12,24H,13H2,(H,23,25). The first kappa shape index (κ1) is 20.8. The number of amides is 1. The van der Waals surface area contributed by atoms with Crippen molar-refractivity contribution in [1.29, 1.82) is 0 Å². The number of carbonyl (C=O) groups excluding carboxylic acids is 1. The van der Waals surface area contributed by atoms with E-state index in [1.165, 1.54) is 42.5 Å². The van der Waals surface area contributed by atoms with Crippen LogP contribution in [0.3, 0.4) is 0 Å². The molecular weight excluding hydrogens is 463 g/mol. The minimum absolute atomic E-state index is 0.0450. The van der Waals surface area contributed by atoms with Crippen molar-refractivity contribution in [2.75, 3.05) is 16.6 Å². The Morgan fingerprint density at radius 3 is 2.28 bits per heavy atom. The van der Waals surface area contributed by atoms with Gasteiger partial charge in [0.25, 0.3) is 15.9 Å². The Bertz CT molecular complexity index is 1100. The lowest BCUT2D eigenvalue weighted by Crippen LogP contribution is -2.20. The van der Waals surface area contributed by atoms with Gasteiger partial charge in [-0.1, -0.05) is 28.1 Å². The third-order valence-corrected chi connectivity index (χ3v) is 5.67. The summed E-state index contributed by atoms with van der Waals surface area (Å²) in [6.07, 6.45) is 0. The molecule has 6 nitrogen and oxygen atoms in total. The Labute approximate surface area is 175 Å². The van der Waals surface area contributed by atoms with Crippen LogP contribution in [0.2, 0.25) is 0 Å². The molecule has 0 fully saturated rings. The minimum Gasteiger partial charge on any atom is -0.484 e. The molecule has 1 amide bonds. The zero-order chi connectivity index (χ0) is 20.9. The molecule has 0 aliphatic heterocycles. The molecule has 0 saturated carbocycles. The number of benzene rings is 3. The fourth-order valence-electron chi connectivity index (χ4n) is 2.34. The molecule has 0 unspecified atom stereocenters. The summed E-state index contributed by atoms with van der Waals surface area (Å²) < 4.78 is 47.0. The smallest absolute Gasteiger partial charge is 0.262 e. The van der Waals surface area contributed by atoms with E-state index in [2.05, 4.69) is 26.0 Å². The maximum Gasteiger partial charge on any atom is 0.262 e. The number of nitrogens with one attached hydrogen (secondary N) is 2. The first-order chi connectivity index (χ1) is 13.8. The molecule has 0 aliphatic rings. The van der Waals surface area contributed by atoms with E-state index in [9.17, 15) is 17.6 Å². The van der Waals surface area contributed by atoms with Crippen LogP contribution in [0.1, 0.15) is 0 Å². The number of para-hydroxylation sites is 1. The first-order valence-electron chi connectivity index (χ1n) is 8.39. The SMILES string of the molecule is O=C(COc1ccc(S(=O)(=O)Nc2ccc(Br)cc2)cc1)Nc1ccccc1F. The summed E-state index contributed by atoms with van der Waals surface area (Å²) >= 11 is 3.29. The summed E-state index contributed by atoms with van der Waals surface area (Å²) in [4.78, 5) is 11.9. The van der Waals surface area contributed by atoms with Crippen molar-refractivity contribution in [2.45, 2.75) is 4.90 Å². The van der Waals surface area contributed by atoms with Crippen LogP contribution in [-0.2, 0) is 14.8 Å². The monoisotopic (exact) mass is 478 g/mol. The van der Waals surface area contributed by atoms with Crippen LogP contribution in [-0.4, -0.2) is 20.9 Å². The zero-order valence-corrected chi connectivity index (χ0v) is 17.3. The summed E-state index contributed by atoms with van der Waals surface area (Å²) in [6, 6.07) is 18.1. The molecule has 0 atom stereocenters. The van der Waals surface area contributed by atoms with E-state index in [0.717, 1.165) is 4.47 Å². The lowest BCUT2D eigenvalue weighted by Gasteiger charge is -2.10. The number of halogens is 2. The number of hydrogen-bond acceptors (Lipinski definition) is 4. The van der Waals surface area contributed by atoms with Crippen molar-refractivity contribution in [3.8, 4) is 5.75 Å². The van der Waals surface area contributed by atoms with Crippen LogP contribution in [0.25, 0.3) is 0 Å². The average molecular weight is 479 g/mol. The van der Waals surface area contributed by atoms with Gasteiger partial charge in [0, 0.05) is 10.2 Å². The fourth-order valence-corrected chi connectivity index (χ4v) is 3.67. The van der Waals surface area contributed by atoms with Gasteiger partial charge >= 0.3 is 0 Å². The van der Waals surface area contributed by atoms with Crippen LogP contribution in [0, 0.1) is 5.82 Å². The highest BCUT2D eigenvalue weighted by Gasteiger charge is 2.14. The molecule has 0 aromatic heterocycles. The van der Waals surface area contributed by atoms with Gasteiger partial charge in [0.15, 0.2) is 6.61 Å². The molecule has 0 spiro atoms. The number of anilines is 2. The Kier molecular flexibility index (Phi) is 6.50. The molecule has 150 valence electrons. The molecule has 3 rings (SSSR count). The van der Waals surface area contributed by atoms with E-state index >= 15 is 0 Å². The maximum atomic E-state index is 13.5. The van der Waals surface area contributed by atoms with Gasteiger partial charge in [0.1, 0.15) is 11.6 Å². The lowest BCUT2D eigenvalue weighted by molar-refractivity contribution is -0.118. The quantitative estimate of drug-likeness (QED) is 0.526. The fraction of sp³-hybridized carbons (Fsp3) is 0.0500. The van der Waals surface area contributed by atoms with Crippen LogP contribution in [0.15, 0.2) is 82.2 Å². The van der Waals surface area contributed by atoms with Crippen LogP contribution >= 0.6 is 15.9 Å². The Balaban J connectivity index is 1.58. The van der Waals surface area contributed by atoms with E-state index in [1.807, 2.05) is 0 Å². The number of hydrogen-bond donors (Lipinski definition) is 2. The number of rotatable bonds is 7. The Morgan fingerprint density at radius 1 is 0.966 bits per heavy atom. The number of sulfonamides is 1. The average Bonchev–Trinajstić information content (AvgIpc) is 2.70. The summed E-state index contributed by atoms with van der Waals surface area (Å²) in [6.45, 7) is -0.350. The molecular formula is C20H16BrFN2O4S. The van der Waals surface area contributed by atoms with Gasteiger partial charge in [-0.3, -0.25) is 9.52 Å². The van der Waals surface area contributed by atoms with Crippen molar-refractivity contribution < 1.29 is 22.3 Å². The molecule has 0 radical (unpaired) electrons. The van der Waals surface area contributed by atoms with Crippen molar-refractivity contribution in [3.05, 3.63) is 83.1 Å². The van der Waals surface area contributed by atoms with Crippen molar-refractivity contribution in [3.63, 3.8) is 0 Å². The van der Waals surface area contributed by atoms with Gasteiger partial charge in [-0.15, -0.1) is 0 Å². The Morgan fingerprint density at radius 2 is 1.62 bits per heavy atom. The third kappa shape index (κ3) is 5.78. The molecule has 0 bridgehead atoms. The lowest BCUT2D eigenvalue weighted by atomic mass is 10.3. The number of carbonyl (C=O) groups is 1. The van der Waals surface area contributed by atoms with Crippen LogP contribution < -0.4 is 14.8 Å². The van der Waals surface area contributed by atoms with Gasteiger partial charge < -0.3 is 10.1 Å². The van der Waals surface area contributed by atoms with Crippen molar-refractivity contribution in [1.82, 2.24) is 0 Å². The number of ether oxygens (including phenoxy) is 1. The van der Waals surface area contributed by atoms with Crippen molar-refractivity contribution in [2.24, 2.45) is 0 Å². The normalized spacial score (nSPS) is 11.0. The maximum absolute atomic E-state index is 13.5. The second kappa shape index (κ2) is 9.06. The molecule has 0 saturated heterocycles. The predicted octanol–water partition coefficient (Wildman–Crippen LogP) is 4.41. The highest BCUT2D eigenvalue weighted by atomic mass is 79.9. The largest absolute Gasteiger partial charge is 0.484 e. The summed E-state index contributed by atoms with van der Waals surface area (Å²) in [5.74, 6) is -0.784. The van der Waals surface area contributed by atoms with Gasteiger partial charge in [0.2, 0.25) is 0 Å². The van der Waals surface area contributed by atoms with Crippen LogP contribution in [0.5, 0.6) is 5.75 Å². The van der Waals surface area contributed by atoms with Gasteiger partial charge in [-0.2, -0.15) is 0 Å². The minimum atomic E-state index is -3.76. The first-order valence-corrected chi connectivity index (χ1v) is 10.7. The second-order valence-corrected chi connectivity index (χ2v) is 8.50. The zero-order valence-electron chi connectivity index (χ0n) is 14.9. The van der Waals surface area contributed by atoms with Crippen molar-refractivity contribution >= 4 is 43.2 Å². The Hall–Kier alpha value is -2.91. The van der Waals surface area contributed by atoms with Gasteiger partial charge in [0.05, 0.1) is 10.6 Å². The van der Waals surface area contributed by atoms with E-state index in [4.69, 9.17) is 4.74 Å². The summed E-state index contributed by atoms with van der Waals surface area (Å²) in [7, 11) is -3.76. The topological polar surface area (TPSA) is 84.5 Å². The van der Waals surface area contributed by atoms with E-state index in [1.54, 1.807) is 30.3 Å². The molecule has 9 heteroatoms. The van der Waals surface area contributed by atoms with E-state index in [0.29, 0.717) is 11.4 Å². The second-order valence-electron chi connectivity index (χ2n) is 5.90. The highest BCUT2D eigenvalue weighted by Crippen LogP contribution is 2.21. The summed E-state index contributed by atoms with van der Waals surface area (Å²) in [5.41, 5.74) is 0.486. The molecule has 3 aromatic rings. The van der Waals surface area contributed by atoms with E-state index in [-0.39, 0.29) is 17.2 Å². The van der Waals surface area contributed by atoms with E-state index < -0.39 is 21.7 Å². The molecule has 0 aliphatic carbocycles. The third-order valence-electron chi connectivity index (χ3n) is 3.75.